The van der Waals surface area contributed by atoms with E-state index in [9.17, 15) is 0 Å². The van der Waals surface area contributed by atoms with Gasteiger partial charge in [-0.3, -0.25) is 4.90 Å². The third kappa shape index (κ3) is 3.91. The summed E-state index contributed by atoms with van der Waals surface area (Å²) in [4.78, 5) is 2.11. The number of rotatable bonds is 5. The van der Waals surface area contributed by atoms with Crippen molar-refractivity contribution in [1.29, 1.82) is 0 Å². The van der Waals surface area contributed by atoms with Crippen LogP contribution in [-0.2, 0) is 6.54 Å². The Kier molecular flexibility index (Phi) is 5.91. The van der Waals surface area contributed by atoms with Crippen LogP contribution in [0.1, 0.15) is 17.2 Å². The number of likely N-dealkylation sites (N-methyl/N-ethyl adjacent to an activating group) is 1. The van der Waals surface area contributed by atoms with Gasteiger partial charge in [0.05, 0.1) is 6.04 Å². The quantitative estimate of drug-likeness (QED) is 0.846. The summed E-state index contributed by atoms with van der Waals surface area (Å²) in [6.07, 6.45) is 0. The molecule has 2 N–H and O–H groups in total. The second kappa shape index (κ2) is 7.48. The highest BCUT2D eigenvalue weighted by Crippen LogP contribution is 2.33. The largest absolute Gasteiger partial charge is 0.329 e. The monoisotopic (exact) mass is 342 g/mol. The molecule has 0 aliphatic rings. The topological polar surface area (TPSA) is 29.3 Å². The highest BCUT2D eigenvalue weighted by molar-refractivity contribution is 6.36. The molecule has 2 rings (SSSR count). The Morgan fingerprint density at radius 3 is 2.10 bits per heavy atom. The highest BCUT2D eigenvalue weighted by Gasteiger charge is 2.21. The molecule has 0 fully saturated rings. The van der Waals surface area contributed by atoms with Crippen LogP contribution in [-0.4, -0.2) is 18.5 Å². The number of nitrogens with two attached hydrogens (primary N) is 1. The van der Waals surface area contributed by atoms with Gasteiger partial charge in [-0.1, -0.05) is 59.1 Å². The van der Waals surface area contributed by atoms with Crippen molar-refractivity contribution in [3.63, 3.8) is 0 Å². The molecule has 0 aliphatic carbocycles. The predicted octanol–water partition coefficient (Wildman–Crippen LogP) is 4.78. The van der Waals surface area contributed by atoms with Gasteiger partial charge in [0, 0.05) is 33.7 Å². The van der Waals surface area contributed by atoms with Crippen LogP contribution in [0.15, 0.2) is 42.5 Å². The lowest BCUT2D eigenvalue weighted by atomic mass is 10.0. The molecule has 0 aliphatic heterocycles. The van der Waals surface area contributed by atoms with Crippen molar-refractivity contribution < 1.29 is 0 Å². The molecule has 0 spiro atoms. The number of hydrogen-bond donors (Lipinski definition) is 1. The maximum atomic E-state index is 6.29. The molecular weight excluding hydrogens is 327 g/mol. The van der Waals surface area contributed by atoms with Crippen molar-refractivity contribution >= 4 is 34.8 Å². The normalized spacial score (nSPS) is 12.7. The van der Waals surface area contributed by atoms with Crippen LogP contribution < -0.4 is 5.73 Å². The van der Waals surface area contributed by atoms with Crippen LogP contribution in [0.5, 0.6) is 0 Å². The first kappa shape index (κ1) is 16.6. The van der Waals surface area contributed by atoms with Crippen LogP contribution in [0.4, 0.5) is 0 Å². The van der Waals surface area contributed by atoms with Gasteiger partial charge in [-0.15, -0.1) is 0 Å². The molecule has 0 heterocycles. The molecule has 0 bridgehead atoms. The Balaban J connectivity index is 2.27. The maximum Gasteiger partial charge on any atom is 0.0500 e. The minimum Gasteiger partial charge on any atom is -0.329 e. The third-order valence-corrected chi connectivity index (χ3v) is 4.49. The second-order valence-corrected chi connectivity index (χ2v) is 6.11. The van der Waals surface area contributed by atoms with Gasteiger partial charge in [-0.05, 0) is 30.8 Å². The fourth-order valence-electron chi connectivity index (χ4n) is 2.35. The van der Waals surface area contributed by atoms with Crippen molar-refractivity contribution in [2.24, 2.45) is 5.73 Å². The summed E-state index contributed by atoms with van der Waals surface area (Å²) in [6.45, 7) is 1.09. The Labute approximate surface area is 140 Å². The van der Waals surface area contributed by atoms with Crippen LogP contribution in [0.25, 0.3) is 0 Å². The van der Waals surface area contributed by atoms with E-state index >= 15 is 0 Å². The van der Waals surface area contributed by atoms with Crippen LogP contribution >= 0.6 is 34.8 Å². The zero-order valence-corrected chi connectivity index (χ0v) is 14.0. The molecule has 2 nitrogen and oxygen atoms in total. The van der Waals surface area contributed by atoms with Gasteiger partial charge >= 0.3 is 0 Å². The van der Waals surface area contributed by atoms with Gasteiger partial charge in [-0.2, -0.15) is 0 Å². The Hall–Kier alpha value is -0.770. The van der Waals surface area contributed by atoms with Gasteiger partial charge in [0.25, 0.3) is 0 Å². The Bertz CT molecular complexity index is 596. The summed E-state index contributed by atoms with van der Waals surface area (Å²) in [6, 6.07) is 13.2. The molecule has 112 valence electrons. The summed E-state index contributed by atoms with van der Waals surface area (Å²) in [7, 11) is 1.99. The standard InChI is InChI=1S/C16H17Cl3N2/c1-21(10-11-5-2-3-6-12(11)17)15(9-20)16-13(18)7-4-8-14(16)19/h2-8,15H,9-10,20H2,1H3. The van der Waals surface area contributed by atoms with Gasteiger partial charge in [0.1, 0.15) is 0 Å². The van der Waals surface area contributed by atoms with Crippen LogP contribution in [0.3, 0.4) is 0 Å². The first-order chi connectivity index (χ1) is 10.0. The van der Waals surface area contributed by atoms with Crippen molar-refractivity contribution in [2.75, 3.05) is 13.6 Å². The molecule has 0 saturated heterocycles. The summed E-state index contributed by atoms with van der Waals surface area (Å²) in [5, 5.41) is 2.00. The highest BCUT2D eigenvalue weighted by atomic mass is 35.5. The summed E-state index contributed by atoms with van der Waals surface area (Å²) in [5.74, 6) is 0. The molecule has 1 unspecified atom stereocenters. The fraction of sp³-hybridized carbons (Fsp3) is 0.250. The molecule has 0 radical (unpaired) electrons. The molecular formula is C16H17Cl3N2. The van der Waals surface area contributed by atoms with Gasteiger partial charge in [0.15, 0.2) is 0 Å². The number of benzene rings is 2. The number of nitrogens with zero attached hydrogens (tertiary/aromatic N) is 1. The zero-order valence-electron chi connectivity index (χ0n) is 11.7. The van der Waals surface area contributed by atoms with Gasteiger partial charge < -0.3 is 5.73 Å². The van der Waals surface area contributed by atoms with Crippen LogP contribution in [0, 0.1) is 0 Å². The zero-order chi connectivity index (χ0) is 15.4. The van der Waals surface area contributed by atoms with Crippen molar-refractivity contribution in [1.82, 2.24) is 4.90 Å². The Morgan fingerprint density at radius 2 is 1.52 bits per heavy atom. The average molecular weight is 344 g/mol. The first-order valence-electron chi connectivity index (χ1n) is 6.62. The summed E-state index contributed by atoms with van der Waals surface area (Å²) >= 11 is 18.8. The SMILES string of the molecule is CN(Cc1ccccc1Cl)C(CN)c1c(Cl)cccc1Cl. The first-order valence-corrected chi connectivity index (χ1v) is 7.75. The molecule has 2 aromatic carbocycles. The number of hydrogen-bond acceptors (Lipinski definition) is 2. The summed E-state index contributed by atoms with van der Waals surface area (Å²) < 4.78 is 0. The van der Waals surface area contributed by atoms with Crippen molar-refractivity contribution in [2.45, 2.75) is 12.6 Å². The number of halogens is 3. The van der Waals surface area contributed by atoms with Crippen LogP contribution in [0.2, 0.25) is 15.1 Å². The minimum atomic E-state index is -0.0672. The van der Waals surface area contributed by atoms with Gasteiger partial charge in [0.2, 0.25) is 0 Å². The molecule has 5 heteroatoms. The van der Waals surface area contributed by atoms with E-state index in [2.05, 4.69) is 4.90 Å². The lowest BCUT2D eigenvalue weighted by molar-refractivity contribution is 0.242. The van der Waals surface area contributed by atoms with E-state index in [1.54, 1.807) is 0 Å². The Morgan fingerprint density at radius 1 is 0.952 bits per heavy atom. The average Bonchev–Trinajstić information content (AvgIpc) is 2.45. The van der Waals surface area contributed by atoms with E-state index in [0.717, 1.165) is 16.1 Å². The van der Waals surface area contributed by atoms with Crippen molar-refractivity contribution in [3.8, 4) is 0 Å². The lowest BCUT2D eigenvalue weighted by Crippen LogP contribution is -2.30. The van der Waals surface area contributed by atoms with E-state index in [0.29, 0.717) is 23.1 Å². The smallest absolute Gasteiger partial charge is 0.0500 e. The van der Waals surface area contributed by atoms with Crippen molar-refractivity contribution in [3.05, 3.63) is 68.7 Å². The molecule has 0 aromatic heterocycles. The lowest BCUT2D eigenvalue weighted by Gasteiger charge is -2.29. The molecule has 1 atom stereocenters. The molecule has 0 amide bonds. The molecule has 21 heavy (non-hydrogen) atoms. The van der Waals surface area contributed by atoms with E-state index in [4.69, 9.17) is 40.5 Å². The molecule has 2 aromatic rings. The predicted molar refractivity (Wildman–Crippen MR) is 91.2 cm³/mol. The van der Waals surface area contributed by atoms with E-state index in [1.165, 1.54) is 0 Å². The van der Waals surface area contributed by atoms with E-state index < -0.39 is 0 Å². The van der Waals surface area contributed by atoms with E-state index in [-0.39, 0.29) is 6.04 Å². The second-order valence-electron chi connectivity index (χ2n) is 4.89. The minimum absolute atomic E-state index is 0.0672. The fourth-order valence-corrected chi connectivity index (χ4v) is 3.20. The maximum absolute atomic E-state index is 6.29. The van der Waals surface area contributed by atoms with E-state index in [1.807, 2.05) is 49.5 Å². The van der Waals surface area contributed by atoms with Gasteiger partial charge in [-0.25, -0.2) is 0 Å². The third-order valence-electron chi connectivity index (χ3n) is 3.47. The molecule has 0 saturated carbocycles. The summed E-state index contributed by atoms with van der Waals surface area (Å²) in [5.41, 5.74) is 7.85.